The number of nitrogens with one attached hydrogen (secondary N) is 3. The number of fused-ring (bicyclic) bond motifs is 1. The van der Waals surface area contributed by atoms with Gasteiger partial charge in [0.25, 0.3) is 0 Å². The number of aromatic amines is 1. The highest BCUT2D eigenvalue weighted by Crippen LogP contribution is 2.43. The number of anilines is 2. The maximum Gasteiger partial charge on any atom is 0.319 e. The molecule has 0 atom stereocenters. The largest absolute Gasteiger partial charge is 0.369 e. The Morgan fingerprint density at radius 2 is 1.72 bits per heavy atom. The lowest BCUT2D eigenvalue weighted by atomic mass is 9.98. The predicted octanol–water partition coefficient (Wildman–Crippen LogP) is 3.45. The number of hydrogen-bond donors (Lipinski definition) is 3. The molecule has 2 aliphatic heterocycles. The van der Waals surface area contributed by atoms with E-state index in [1.807, 2.05) is 6.07 Å². The molecule has 1 saturated heterocycles. The van der Waals surface area contributed by atoms with Crippen LogP contribution in [0.25, 0.3) is 0 Å². The molecule has 2 aromatic carbocycles. The molecule has 230 valence electrons. The van der Waals surface area contributed by atoms with E-state index in [-0.39, 0.29) is 18.7 Å². The van der Waals surface area contributed by atoms with Crippen molar-refractivity contribution in [2.75, 3.05) is 50.0 Å². The molecule has 2 amide bonds. The first-order valence-electron chi connectivity index (χ1n) is 14.0. The Morgan fingerprint density at radius 3 is 2.37 bits per heavy atom. The van der Waals surface area contributed by atoms with Gasteiger partial charge in [-0.1, -0.05) is 0 Å². The van der Waals surface area contributed by atoms with Crippen LogP contribution in [0.1, 0.15) is 48.1 Å². The minimum Gasteiger partial charge on any atom is -0.369 e. The molecule has 43 heavy (non-hydrogen) atoms. The fourth-order valence-corrected chi connectivity index (χ4v) is 7.36. The highest BCUT2D eigenvalue weighted by atomic mass is 32.2. The summed E-state index contributed by atoms with van der Waals surface area (Å²) in [6, 6.07) is 7.05. The van der Waals surface area contributed by atoms with Gasteiger partial charge in [-0.25, -0.2) is 22.0 Å². The highest BCUT2D eigenvalue weighted by Gasteiger charge is 2.48. The van der Waals surface area contributed by atoms with Crippen molar-refractivity contribution in [3.8, 4) is 0 Å². The number of H-pyrrole nitrogens is 1. The smallest absolute Gasteiger partial charge is 0.319 e. The van der Waals surface area contributed by atoms with Gasteiger partial charge in [-0.05, 0) is 58.2 Å². The lowest BCUT2D eigenvalue weighted by molar-refractivity contribution is 0.0992. The molecule has 0 unspecified atom stereocenters. The second-order valence-corrected chi connectivity index (χ2v) is 13.2. The Balaban J connectivity index is 1.42. The second-order valence-electron chi connectivity index (χ2n) is 11.3. The maximum absolute atomic E-state index is 13.9. The molecule has 3 N–H and O–H groups in total. The minimum absolute atomic E-state index is 0.140. The lowest BCUT2D eigenvalue weighted by Crippen LogP contribution is -2.44. The van der Waals surface area contributed by atoms with Crippen molar-refractivity contribution in [1.82, 2.24) is 24.7 Å². The number of rotatable bonds is 8. The maximum atomic E-state index is 13.9. The number of nitrogens with zero attached hydrogens (tertiary/aromatic N) is 4. The van der Waals surface area contributed by atoms with Gasteiger partial charge in [0.15, 0.2) is 5.78 Å². The van der Waals surface area contributed by atoms with Gasteiger partial charge >= 0.3 is 6.03 Å². The molecule has 14 heteroatoms. The Hall–Kier alpha value is -3.88. The average molecular weight is 616 g/mol. The molecule has 0 radical (unpaired) electrons. The first-order valence-corrected chi connectivity index (χ1v) is 15.5. The van der Waals surface area contributed by atoms with Gasteiger partial charge in [0, 0.05) is 67.8 Å². The van der Waals surface area contributed by atoms with E-state index in [9.17, 15) is 26.8 Å². The number of carbonyl (C=O) groups is 2. The summed E-state index contributed by atoms with van der Waals surface area (Å²) < 4.78 is 55.9. The number of benzene rings is 2. The van der Waals surface area contributed by atoms with Crippen molar-refractivity contribution in [2.24, 2.45) is 0 Å². The zero-order valence-corrected chi connectivity index (χ0v) is 25.3. The lowest BCUT2D eigenvalue weighted by Gasteiger charge is -2.34. The fourth-order valence-electron chi connectivity index (χ4n) is 5.60. The van der Waals surface area contributed by atoms with Crippen molar-refractivity contribution >= 4 is 33.2 Å². The molecule has 5 rings (SSSR count). The molecule has 3 heterocycles. The van der Waals surface area contributed by atoms with Crippen molar-refractivity contribution in [3.63, 3.8) is 0 Å². The highest BCUT2D eigenvalue weighted by molar-refractivity contribution is 7.89. The monoisotopic (exact) mass is 615 g/mol. The number of sulfonamides is 1. The Kier molecular flexibility index (Phi) is 8.29. The predicted molar refractivity (Wildman–Crippen MR) is 158 cm³/mol. The van der Waals surface area contributed by atoms with Crippen LogP contribution in [0, 0.1) is 11.6 Å². The summed E-state index contributed by atoms with van der Waals surface area (Å²) in [5.41, 5.74) is 1.74. The van der Waals surface area contributed by atoms with Crippen molar-refractivity contribution in [1.29, 1.82) is 0 Å². The SMILES string of the molecule is CCNC(=O)Nc1cc(N2CCN(C)CC2)ccc1C(=O)Cc1[nH]nc2c1CN(S(=O)(=O)c1cc(F)cc(F)c1)C2(C)C. The number of amides is 2. The number of ketones is 1. The molecule has 0 saturated carbocycles. The van der Waals surface area contributed by atoms with Crippen LogP contribution in [0.2, 0.25) is 0 Å². The van der Waals surface area contributed by atoms with E-state index in [1.54, 1.807) is 32.9 Å². The van der Waals surface area contributed by atoms with Crippen LogP contribution in [0.5, 0.6) is 0 Å². The van der Waals surface area contributed by atoms with E-state index < -0.39 is 38.1 Å². The first-order chi connectivity index (χ1) is 20.3. The third kappa shape index (κ3) is 5.99. The number of carbonyl (C=O) groups excluding carboxylic acids is 2. The number of aromatic nitrogens is 2. The zero-order valence-electron chi connectivity index (χ0n) is 24.5. The molecule has 1 fully saturated rings. The van der Waals surface area contributed by atoms with Crippen molar-refractivity contribution in [3.05, 3.63) is 70.5 Å². The summed E-state index contributed by atoms with van der Waals surface area (Å²) >= 11 is 0. The van der Waals surface area contributed by atoms with Crippen molar-refractivity contribution in [2.45, 2.75) is 44.2 Å². The van der Waals surface area contributed by atoms with E-state index in [0.29, 0.717) is 40.8 Å². The van der Waals surface area contributed by atoms with Gasteiger partial charge in [-0.15, -0.1) is 0 Å². The summed E-state index contributed by atoms with van der Waals surface area (Å²) in [6.45, 7) is 8.74. The van der Waals surface area contributed by atoms with Gasteiger partial charge in [0.05, 0.1) is 28.2 Å². The summed E-state index contributed by atoms with van der Waals surface area (Å²) in [7, 11) is -2.26. The standard InChI is InChI=1S/C29H35F2N7O4S/c1-5-32-28(40)33-24-15-20(37-10-8-36(4)9-11-37)6-7-22(24)26(39)16-25-23-17-38(29(2,3)27(23)35-34-25)43(41,42)21-13-18(30)12-19(31)14-21/h6-7,12-15H,5,8-11,16-17H2,1-4H3,(H,34,35)(H2,32,33,40). The normalized spacial score (nSPS) is 17.1. The second kappa shape index (κ2) is 11.7. The molecular weight excluding hydrogens is 580 g/mol. The Morgan fingerprint density at radius 1 is 1.05 bits per heavy atom. The van der Waals surface area contributed by atoms with Crippen LogP contribution in [0.15, 0.2) is 41.3 Å². The number of halogens is 2. The van der Waals surface area contributed by atoms with Crippen LogP contribution < -0.4 is 15.5 Å². The van der Waals surface area contributed by atoms with E-state index in [4.69, 9.17) is 0 Å². The van der Waals surface area contributed by atoms with Crippen molar-refractivity contribution < 1.29 is 26.8 Å². The Bertz CT molecular complexity index is 1650. The van der Waals surface area contributed by atoms with Crippen LogP contribution in [-0.4, -0.2) is 79.4 Å². The summed E-state index contributed by atoms with van der Waals surface area (Å²) in [4.78, 5) is 30.1. The molecular formula is C29H35F2N7O4S. The number of urea groups is 1. The number of hydrogen-bond acceptors (Lipinski definition) is 7. The summed E-state index contributed by atoms with van der Waals surface area (Å²) in [6.07, 6.45) is -0.140. The van der Waals surface area contributed by atoms with Crippen LogP contribution in [-0.2, 0) is 28.5 Å². The minimum atomic E-state index is -4.32. The van der Waals surface area contributed by atoms with E-state index in [2.05, 4.69) is 37.7 Å². The fraction of sp³-hybridized carbons (Fsp3) is 0.414. The quantitative estimate of drug-likeness (QED) is 0.331. The van der Waals surface area contributed by atoms with Crippen LogP contribution in [0.4, 0.5) is 25.0 Å². The molecule has 2 aliphatic rings. The van der Waals surface area contributed by atoms with Gasteiger partial charge in [-0.2, -0.15) is 9.40 Å². The molecule has 11 nitrogen and oxygen atoms in total. The third-order valence-corrected chi connectivity index (χ3v) is 9.97. The number of piperazine rings is 1. The van der Waals surface area contributed by atoms with Gasteiger partial charge in [0.2, 0.25) is 10.0 Å². The van der Waals surface area contributed by atoms with E-state index in [1.165, 1.54) is 0 Å². The average Bonchev–Trinajstić information content (AvgIpc) is 3.46. The molecule has 0 spiro atoms. The molecule has 1 aromatic heterocycles. The van der Waals surface area contributed by atoms with Gasteiger partial charge in [-0.3, -0.25) is 9.89 Å². The van der Waals surface area contributed by atoms with Gasteiger partial charge < -0.3 is 20.4 Å². The molecule has 0 bridgehead atoms. The van der Waals surface area contributed by atoms with E-state index >= 15 is 0 Å². The molecule has 0 aliphatic carbocycles. The topological polar surface area (TPSA) is 131 Å². The first kappa shape index (κ1) is 30.6. The molecule has 3 aromatic rings. The van der Waals surface area contributed by atoms with Gasteiger partial charge in [0.1, 0.15) is 11.6 Å². The summed E-state index contributed by atoms with van der Waals surface area (Å²) in [5.74, 6) is -2.32. The summed E-state index contributed by atoms with van der Waals surface area (Å²) in [5, 5.41) is 12.7. The number of likely N-dealkylation sites (N-methyl/N-ethyl adjacent to an activating group) is 1. The van der Waals surface area contributed by atoms with Crippen LogP contribution in [0.3, 0.4) is 0 Å². The van der Waals surface area contributed by atoms with E-state index in [0.717, 1.165) is 48.3 Å². The zero-order chi connectivity index (χ0) is 31.1. The Labute approximate surface area is 249 Å². The number of Topliss-reactive ketones (excluding diaryl/α,β-unsaturated/α-hetero) is 1. The third-order valence-electron chi connectivity index (χ3n) is 7.98. The van der Waals surface area contributed by atoms with Crippen LogP contribution >= 0.6 is 0 Å².